The van der Waals surface area contributed by atoms with Crippen LogP contribution in [0.25, 0.3) is 10.9 Å². The second-order valence-corrected chi connectivity index (χ2v) is 16.0. The Morgan fingerprint density at radius 3 is 2.46 bits per heavy atom. The van der Waals surface area contributed by atoms with Crippen molar-refractivity contribution in [1.29, 1.82) is 0 Å². The van der Waals surface area contributed by atoms with Crippen LogP contribution in [0.5, 0.6) is 0 Å². The van der Waals surface area contributed by atoms with Crippen LogP contribution < -0.4 is 5.32 Å². The van der Waals surface area contributed by atoms with E-state index >= 15 is 4.79 Å². The number of halogens is 1. The Kier molecular flexibility index (Phi) is 12.3. The number of carbonyl (C=O) groups excluding carboxylic acids is 3. The highest BCUT2D eigenvalue weighted by Gasteiger charge is 2.48. The molecule has 1 N–H and O–H groups in total. The maximum atomic E-state index is 15.1. The number of piperidine rings is 2. The molecule has 2 aromatic carbocycles. The van der Waals surface area contributed by atoms with E-state index in [0.717, 1.165) is 61.8 Å². The molecule has 4 atom stereocenters. The first kappa shape index (κ1) is 37.9. The second-order valence-electron chi connectivity index (χ2n) is 16.0. The summed E-state index contributed by atoms with van der Waals surface area (Å²) in [7, 11) is 3.79. The molecule has 3 saturated heterocycles. The normalized spacial score (nSPS) is 23.4. The summed E-state index contributed by atoms with van der Waals surface area (Å²) in [5.41, 5.74) is 4.39. The van der Waals surface area contributed by atoms with Gasteiger partial charge in [0.2, 0.25) is 17.7 Å². The molecule has 282 valence electrons. The Balaban J connectivity index is 1.24. The lowest BCUT2D eigenvalue weighted by Crippen LogP contribution is -2.61. The summed E-state index contributed by atoms with van der Waals surface area (Å²) in [5, 5.41) is 8.53. The zero-order valence-corrected chi connectivity index (χ0v) is 31.8. The Labute approximate surface area is 308 Å². The van der Waals surface area contributed by atoms with Gasteiger partial charge in [-0.15, -0.1) is 0 Å². The van der Waals surface area contributed by atoms with Crippen molar-refractivity contribution >= 4 is 28.6 Å². The molecular formula is C41H58FN7O3. The lowest BCUT2D eigenvalue weighted by atomic mass is 9.85. The molecule has 3 aliphatic rings. The minimum absolute atomic E-state index is 0.0120. The van der Waals surface area contributed by atoms with Crippen molar-refractivity contribution < 1.29 is 18.8 Å². The van der Waals surface area contributed by atoms with E-state index in [1.807, 2.05) is 53.0 Å². The first-order chi connectivity index (χ1) is 25.0. The fourth-order valence-electron chi connectivity index (χ4n) is 8.84. The molecule has 52 heavy (non-hydrogen) atoms. The number of nitrogens with one attached hydrogen (secondary N) is 1. The van der Waals surface area contributed by atoms with E-state index in [-0.39, 0.29) is 36.4 Å². The largest absolute Gasteiger partial charge is 0.350 e. The van der Waals surface area contributed by atoms with Gasteiger partial charge in [-0.3, -0.25) is 24.0 Å². The monoisotopic (exact) mass is 715 g/mol. The van der Waals surface area contributed by atoms with Crippen LogP contribution in [-0.4, -0.2) is 118 Å². The highest BCUT2D eigenvalue weighted by atomic mass is 19.1. The molecule has 3 fully saturated rings. The van der Waals surface area contributed by atoms with Crippen molar-refractivity contribution in [2.45, 2.75) is 84.0 Å². The predicted molar refractivity (Wildman–Crippen MR) is 202 cm³/mol. The summed E-state index contributed by atoms with van der Waals surface area (Å²) in [6.07, 6.45) is 6.25. The number of aromatic nitrogens is 2. The van der Waals surface area contributed by atoms with Gasteiger partial charge in [0.25, 0.3) is 0 Å². The van der Waals surface area contributed by atoms with Gasteiger partial charge >= 0.3 is 0 Å². The number of nitrogens with zero attached hydrogens (tertiary/aromatic N) is 6. The number of alkyl halides is 1. The fraction of sp³-hybridized carbons (Fsp3) is 0.610. The van der Waals surface area contributed by atoms with E-state index in [1.54, 1.807) is 0 Å². The number of rotatable bonds is 12. The van der Waals surface area contributed by atoms with E-state index < -0.39 is 18.0 Å². The highest BCUT2D eigenvalue weighted by molar-refractivity contribution is 5.94. The molecule has 0 saturated carbocycles. The molecule has 0 radical (unpaired) electrons. The average Bonchev–Trinajstić information content (AvgIpc) is 3.73. The van der Waals surface area contributed by atoms with E-state index in [1.165, 1.54) is 11.1 Å². The number of hydrogen-bond acceptors (Lipinski definition) is 6. The first-order valence-corrected chi connectivity index (χ1v) is 19.4. The number of fused-ring (bicyclic) bond motifs is 1. The lowest BCUT2D eigenvalue weighted by Gasteiger charge is -2.45. The van der Waals surface area contributed by atoms with Crippen LogP contribution in [-0.2, 0) is 34.4 Å². The van der Waals surface area contributed by atoms with E-state index in [0.29, 0.717) is 44.9 Å². The van der Waals surface area contributed by atoms with Crippen LogP contribution in [0.3, 0.4) is 0 Å². The molecule has 0 spiro atoms. The topological polar surface area (TPSA) is 94.0 Å². The number of carbonyl (C=O) groups is 3. The minimum atomic E-state index is -0.626. The average molecular weight is 716 g/mol. The Hall–Kier alpha value is -3.83. The smallest absolute Gasteiger partial charge is 0.243 e. The molecule has 1 aromatic heterocycles. The molecule has 10 nitrogen and oxygen atoms in total. The number of benzene rings is 2. The van der Waals surface area contributed by atoms with Gasteiger partial charge in [0.1, 0.15) is 18.8 Å². The van der Waals surface area contributed by atoms with E-state index in [2.05, 4.69) is 65.3 Å². The highest BCUT2D eigenvalue weighted by Crippen LogP contribution is 2.34. The van der Waals surface area contributed by atoms with Gasteiger partial charge in [-0.05, 0) is 87.1 Å². The molecule has 3 amide bonds. The molecule has 3 aliphatic heterocycles. The number of amides is 3. The molecular weight excluding hydrogens is 657 g/mol. The van der Waals surface area contributed by atoms with Crippen molar-refractivity contribution in [1.82, 2.24) is 34.7 Å². The third-order valence-electron chi connectivity index (χ3n) is 11.7. The van der Waals surface area contributed by atoms with Crippen LogP contribution in [0.15, 0.2) is 48.7 Å². The van der Waals surface area contributed by atoms with E-state index in [4.69, 9.17) is 0 Å². The summed E-state index contributed by atoms with van der Waals surface area (Å²) in [6, 6.07) is 13.4. The van der Waals surface area contributed by atoms with Crippen LogP contribution in [0.1, 0.15) is 62.6 Å². The molecule has 0 bridgehead atoms. The SMILES string of the molecule is Cc1ccc(C[C@@H]2C[C@@H](C(=O)NCc3ccc4c(cnn4C)c3)N(C(=O)[C@H]3[C@@H](C(=O)N(C)C4CCN(CCF)CC4)CCCN3CC(C)C)C2)cc1. The van der Waals surface area contributed by atoms with Crippen molar-refractivity contribution in [2.24, 2.45) is 24.8 Å². The Bertz CT molecular complexity index is 1690. The van der Waals surface area contributed by atoms with Crippen molar-refractivity contribution in [2.75, 3.05) is 53.0 Å². The number of aryl methyl sites for hydroxylation is 2. The molecule has 4 heterocycles. The second kappa shape index (κ2) is 16.9. The molecule has 0 unspecified atom stereocenters. The van der Waals surface area contributed by atoms with E-state index in [9.17, 15) is 14.0 Å². The Morgan fingerprint density at radius 2 is 1.75 bits per heavy atom. The van der Waals surface area contributed by atoms with Crippen molar-refractivity contribution in [3.63, 3.8) is 0 Å². The quantitative estimate of drug-likeness (QED) is 0.295. The standard InChI is InChI=1S/C41H58FN7O3/c1-28(2)26-48-17-6-7-35(40(51)45(4)34-14-18-47(19-15-34)20-16-42)38(48)41(52)49-27-32(21-30-10-8-29(3)9-11-30)23-37(49)39(50)43-24-31-12-13-36-33(22-31)25-44-46(36)5/h8-13,22,25,28,32,34-35,37-38H,6-7,14-21,23-24,26-27H2,1-5H3,(H,43,50)/t32-,35+,37+,38-/m1/s1. The molecule has 6 rings (SSSR count). The zero-order chi connectivity index (χ0) is 36.9. The van der Waals surface area contributed by atoms with Gasteiger partial charge in [-0.25, -0.2) is 4.39 Å². The predicted octanol–water partition coefficient (Wildman–Crippen LogP) is 4.59. The van der Waals surface area contributed by atoms with Crippen LogP contribution >= 0.6 is 0 Å². The van der Waals surface area contributed by atoms with Gasteiger partial charge in [-0.2, -0.15) is 5.10 Å². The van der Waals surface area contributed by atoms with Crippen molar-refractivity contribution in [3.05, 3.63) is 65.4 Å². The van der Waals surface area contributed by atoms with Crippen LogP contribution in [0.4, 0.5) is 4.39 Å². The van der Waals surface area contributed by atoms with Gasteiger partial charge in [-0.1, -0.05) is 49.7 Å². The molecule has 11 heteroatoms. The zero-order valence-electron chi connectivity index (χ0n) is 31.8. The fourth-order valence-corrected chi connectivity index (χ4v) is 8.84. The van der Waals surface area contributed by atoms with Gasteiger partial charge < -0.3 is 20.0 Å². The maximum absolute atomic E-state index is 15.1. The minimum Gasteiger partial charge on any atom is -0.350 e. The lowest BCUT2D eigenvalue weighted by molar-refractivity contribution is -0.153. The van der Waals surface area contributed by atoms with Gasteiger partial charge in [0.15, 0.2) is 0 Å². The third-order valence-corrected chi connectivity index (χ3v) is 11.7. The van der Waals surface area contributed by atoms with Crippen molar-refractivity contribution in [3.8, 4) is 0 Å². The summed E-state index contributed by atoms with van der Waals surface area (Å²) < 4.78 is 14.8. The van der Waals surface area contributed by atoms with Crippen LogP contribution in [0.2, 0.25) is 0 Å². The third kappa shape index (κ3) is 8.68. The molecule has 3 aromatic rings. The maximum Gasteiger partial charge on any atom is 0.243 e. The number of hydrogen-bond donors (Lipinski definition) is 1. The Morgan fingerprint density at radius 1 is 1.02 bits per heavy atom. The molecule has 0 aliphatic carbocycles. The van der Waals surface area contributed by atoms with Gasteiger partial charge in [0, 0.05) is 64.8 Å². The van der Waals surface area contributed by atoms with Gasteiger partial charge in [0.05, 0.1) is 17.6 Å². The summed E-state index contributed by atoms with van der Waals surface area (Å²) in [5.74, 6) is -0.308. The summed E-state index contributed by atoms with van der Waals surface area (Å²) in [6.45, 7) is 10.3. The first-order valence-electron chi connectivity index (χ1n) is 19.4. The summed E-state index contributed by atoms with van der Waals surface area (Å²) in [4.78, 5) is 51.7. The summed E-state index contributed by atoms with van der Waals surface area (Å²) >= 11 is 0. The number of likely N-dealkylation sites (tertiary alicyclic amines) is 3. The van der Waals surface area contributed by atoms with Crippen LogP contribution in [0, 0.1) is 24.7 Å².